The molecule has 6 nitrogen and oxygen atoms in total. The summed E-state index contributed by atoms with van der Waals surface area (Å²) >= 11 is 0. The van der Waals surface area contributed by atoms with Crippen molar-refractivity contribution >= 4 is 5.96 Å². The first kappa shape index (κ1) is 20.2. The molecule has 1 fully saturated rings. The number of ether oxygens (including phenoxy) is 1. The summed E-state index contributed by atoms with van der Waals surface area (Å²) in [6.07, 6.45) is 3.35. The van der Waals surface area contributed by atoms with Crippen molar-refractivity contribution in [3.8, 4) is 6.07 Å². The molecule has 0 spiro atoms. The SMILES string of the molecule is CCNC(=NCc1cccc(C#N)c1)NC1CCN(CCCOC)CC1. The molecule has 1 aromatic rings. The van der Waals surface area contributed by atoms with Crippen molar-refractivity contribution in [2.75, 3.05) is 39.9 Å². The number of piperidine rings is 1. The number of guanidine groups is 1. The molecular weight excluding hydrogens is 326 g/mol. The van der Waals surface area contributed by atoms with Crippen LogP contribution in [0.1, 0.15) is 37.3 Å². The van der Waals surface area contributed by atoms with Gasteiger partial charge < -0.3 is 20.3 Å². The highest BCUT2D eigenvalue weighted by Gasteiger charge is 2.19. The van der Waals surface area contributed by atoms with E-state index in [4.69, 9.17) is 10.00 Å². The van der Waals surface area contributed by atoms with E-state index in [2.05, 4.69) is 33.5 Å². The predicted octanol–water partition coefficient (Wildman–Crippen LogP) is 2.11. The van der Waals surface area contributed by atoms with Gasteiger partial charge in [-0.2, -0.15) is 5.26 Å². The fourth-order valence-electron chi connectivity index (χ4n) is 3.16. The van der Waals surface area contributed by atoms with E-state index in [1.165, 1.54) is 0 Å². The van der Waals surface area contributed by atoms with Gasteiger partial charge in [-0.1, -0.05) is 12.1 Å². The Labute approximate surface area is 157 Å². The normalized spacial score (nSPS) is 16.3. The molecule has 1 aromatic carbocycles. The van der Waals surface area contributed by atoms with Gasteiger partial charge >= 0.3 is 0 Å². The molecule has 0 aliphatic carbocycles. The van der Waals surface area contributed by atoms with Crippen molar-refractivity contribution in [3.05, 3.63) is 35.4 Å². The van der Waals surface area contributed by atoms with Crippen LogP contribution in [0.3, 0.4) is 0 Å². The molecule has 2 N–H and O–H groups in total. The molecule has 0 amide bonds. The minimum absolute atomic E-state index is 0.455. The van der Waals surface area contributed by atoms with Crippen molar-refractivity contribution in [2.45, 2.75) is 38.8 Å². The van der Waals surface area contributed by atoms with Crippen molar-refractivity contribution in [1.82, 2.24) is 15.5 Å². The molecule has 0 bridgehead atoms. The van der Waals surface area contributed by atoms with E-state index in [9.17, 15) is 0 Å². The number of nitrogens with one attached hydrogen (secondary N) is 2. The molecule has 0 saturated carbocycles. The third kappa shape index (κ3) is 7.03. The van der Waals surface area contributed by atoms with E-state index in [1.54, 1.807) is 7.11 Å². The quantitative estimate of drug-likeness (QED) is 0.424. The van der Waals surface area contributed by atoms with Crippen LogP contribution < -0.4 is 10.6 Å². The predicted molar refractivity (Wildman–Crippen MR) is 105 cm³/mol. The summed E-state index contributed by atoms with van der Waals surface area (Å²) in [6.45, 7) is 7.66. The summed E-state index contributed by atoms with van der Waals surface area (Å²) in [7, 11) is 1.76. The van der Waals surface area contributed by atoms with Gasteiger partial charge in [0.2, 0.25) is 0 Å². The van der Waals surface area contributed by atoms with Crippen LogP contribution in [-0.2, 0) is 11.3 Å². The molecule has 0 atom stereocenters. The highest BCUT2D eigenvalue weighted by molar-refractivity contribution is 5.80. The summed E-state index contributed by atoms with van der Waals surface area (Å²) in [5, 5.41) is 15.9. The highest BCUT2D eigenvalue weighted by Crippen LogP contribution is 2.11. The minimum Gasteiger partial charge on any atom is -0.385 e. The lowest BCUT2D eigenvalue weighted by Crippen LogP contribution is -2.48. The third-order valence-electron chi connectivity index (χ3n) is 4.57. The maximum absolute atomic E-state index is 9.01. The molecule has 0 unspecified atom stereocenters. The van der Waals surface area contributed by atoms with Crippen LogP contribution in [0.15, 0.2) is 29.3 Å². The van der Waals surface area contributed by atoms with Crippen molar-refractivity contribution in [3.63, 3.8) is 0 Å². The molecule has 1 aliphatic rings. The molecule has 26 heavy (non-hydrogen) atoms. The topological polar surface area (TPSA) is 72.7 Å². The Balaban J connectivity index is 1.83. The number of rotatable bonds is 8. The van der Waals surface area contributed by atoms with E-state index in [0.29, 0.717) is 18.2 Å². The standard InChI is InChI=1S/C20H31N5O/c1-3-22-20(23-16-18-7-4-6-17(14-18)15-21)24-19-8-11-25(12-9-19)10-5-13-26-2/h4,6-7,14,19H,3,5,8-13,16H2,1-2H3,(H2,22,23,24). The maximum atomic E-state index is 9.01. The van der Waals surface area contributed by atoms with Gasteiger partial charge in [-0.05, 0) is 43.9 Å². The van der Waals surface area contributed by atoms with Gasteiger partial charge in [-0.25, -0.2) is 4.99 Å². The van der Waals surface area contributed by atoms with Crippen LogP contribution in [0.2, 0.25) is 0 Å². The van der Waals surface area contributed by atoms with E-state index in [-0.39, 0.29) is 0 Å². The van der Waals surface area contributed by atoms with Gasteiger partial charge in [-0.15, -0.1) is 0 Å². The maximum Gasteiger partial charge on any atom is 0.191 e. The second kappa shape index (κ2) is 11.5. The highest BCUT2D eigenvalue weighted by atomic mass is 16.5. The number of likely N-dealkylation sites (tertiary alicyclic amines) is 1. The number of nitrogens with zero attached hydrogens (tertiary/aromatic N) is 3. The van der Waals surface area contributed by atoms with Crippen LogP contribution in [0.25, 0.3) is 0 Å². The molecule has 2 rings (SSSR count). The number of nitriles is 1. The summed E-state index contributed by atoms with van der Waals surface area (Å²) in [6, 6.07) is 10.3. The Kier molecular flexibility index (Phi) is 8.94. The molecule has 0 aromatic heterocycles. The van der Waals surface area contributed by atoms with Crippen molar-refractivity contribution in [1.29, 1.82) is 5.26 Å². The van der Waals surface area contributed by atoms with E-state index >= 15 is 0 Å². The molecular formula is C20H31N5O. The van der Waals surface area contributed by atoms with Gasteiger partial charge in [-0.3, -0.25) is 0 Å². The largest absolute Gasteiger partial charge is 0.385 e. The van der Waals surface area contributed by atoms with E-state index in [1.807, 2.05) is 24.3 Å². The van der Waals surface area contributed by atoms with Crippen LogP contribution in [0.4, 0.5) is 0 Å². The molecule has 0 radical (unpaired) electrons. The van der Waals surface area contributed by atoms with Gasteiger partial charge in [0.1, 0.15) is 0 Å². The average Bonchev–Trinajstić information content (AvgIpc) is 2.68. The van der Waals surface area contributed by atoms with Gasteiger partial charge in [0.25, 0.3) is 0 Å². The summed E-state index contributed by atoms with van der Waals surface area (Å²) in [5.74, 6) is 0.854. The Morgan fingerprint density at radius 1 is 1.38 bits per heavy atom. The number of hydrogen-bond acceptors (Lipinski definition) is 4. The fraction of sp³-hybridized carbons (Fsp3) is 0.600. The number of methoxy groups -OCH3 is 1. The third-order valence-corrected chi connectivity index (χ3v) is 4.57. The summed E-state index contributed by atoms with van der Waals surface area (Å²) in [5.41, 5.74) is 1.73. The first-order valence-corrected chi connectivity index (χ1v) is 9.50. The van der Waals surface area contributed by atoms with Gasteiger partial charge in [0.15, 0.2) is 5.96 Å². The summed E-state index contributed by atoms with van der Waals surface area (Å²) < 4.78 is 5.13. The first-order valence-electron chi connectivity index (χ1n) is 9.50. The van der Waals surface area contributed by atoms with E-state index < -0.39 is 0 Å². The zero-order valence-corrected chi connectivity index (χ0v) is 16.0. The Morgan fingerprint density at radius 2 is 2.19 bits per heavy atom. The average molecular weight is 358 g/mol. The Hall–Kier alpha value is -2.10. The zero-order chi connectivity index (χ0) is 18.6. The lowest BCUT2D eigenvalue weighted by Gasteiger charge is -2.33. The van der Waals surface area contributed by atoms with Gasteiger partial charge in [0.05, 0.1) is 18.2 Å². The smallest absolute Gasteiger partial charge is 0.191 e. The lowest BCUT2D eigenvalue weighted by atomic mass is 10.1. The molecule has 1 aliphatic heterocycles. The minimum atomic E-state index is 0.455. The monoisotopic (exact) mass is 357 g/mol. The van der Waals surface area contributed by atoms with Crippen molar-refractivity contribution < 1.29 is 4.74 Å². The summed E-state index contributed by atoms with van der Waals surface area (Å²) in [4.78, 5) is 7.20. The second-order valence-corrected chi connectivity index (χ2v) is 6.61. The van der Waals surface area contributed by atoms with Crippen molar-refractivity contribution in [2.24, 2.45) is 4.99 Å². The molecule has 6 heteroatoms. The van der Waals surface area contributed by atoms with Crippen LogP contribution >= 0.6 is 0 Å². The zero-order valence-electron chi connectivity index (χ0n) is 16.0. The number of aliphatic imine (C=N–C) groups is 1. The van der Waals surface area contributed by atoms with Crippen LogP contribution in [0.5, 0.6) is 0 Å². The van der Waals surface area contributed by atoms with Gasteiger partial charge in [0, 0.05) is 45.9 Å². The Morgan fingerprint density at radius 3 is 2.88 bits per heavy atom. The fourth-order valence-corrected chi connectivity index (χ4v) is 3.16. The molecule has 142 valence electrons. The lowest BCUT2D eigenvalue weighted by molar-refractivity contribution is 0.155. The number of benzene rings is 1. The Bertz CT molecular complexity index is 602. The molecule has 1 heterocycles. The second-order valence-electron chi connectivity index (χ2n) is 6.61. The first-order chi connectivity index (χ1) is 12.7. The van der Waals surface area contributed by atoms with Crippen LogP contribution in [0, 0.1) is 11.3 Å². The van der Waals surface area contributed by atoms with E-state index in [0.717, 1.165) is 63.6 Å². The van der Waals surface area contributed by atoms with Crippen LogP contribution in [-0.4, -0.2) is 56.8 Å². The number of hydrogen-bond donors (Lipinski definition) is 2. The molecule has 1 saturated heterocycles.